The Balaban J connectivity index is 1.66. The van der Waals surface area contributed by atoms with E-state index in [1.165, 1.54) is 6.07 Å². The van der Waals surface area contributed by atoms with E-state index in [4.69, 9.17) is 4.74 Å². The largest absolute Gasteiger partial charge is 0.464 e. The molecule has 1 saturated heterocycles. The molecule has 0 spiro atoms. The Morgan fingerprint density at radius 1 is 1.17 bits per heavy atom. The fourth-order valence-corrected chi connectivity index (χ4v) is 4.46. The van der Waals surface area contributed by atoms with Gasteiger partial charge in [-0.2, -0.15) is 9.97 Å². The zero-order chi connectivity index (χ0) is 24.8. The van der Waals surface area contributed by atoms with Gasteiger partial charge in [0.1, 0.15) is 11.5 Å². The van der Waals surface area contributed by atoms with Crippen LogP contribution in [0.2, 0.25) is 0 Å². The minimum atomic E-state index is -0.400. The van der Waals surface area contributed by atoms with Crippen molar-refractivity contribution in [1.82, 2.24) is 9.97 Å². The normalized spacial score (nSPS) is 14.2. The molecule has 0 unspecified atom stereocenters. The number of nitrogens with one attached hydrogen (secondary N) is 2. The third-order valence-corrected chi connectivity index (χ3v) is 6.28. The van der Waals surface area contributed by atoms with Gasteiger partial charge >= 0.3 is 6.01 Å². The zero-order valence-corrected chi connectivity index (χ0v) is 20.2. The number of nitro benzene ring substituents is 1. The molecular formula is C25H32N6O4. The van der Waals surface area contributed by atoms with Crippen LogP contribution in [0.3, 0.4) is 0 Å². The summed E-state index contributed by atoms with van der Waals surface area (Å²) >= 11 is 0. The molecule has 0 radical (unpaired) electrons. The smallest absolute Gasteiger partial charge is 0.318 e. The Hall–Kier alpha value is -3.66. The Bertz CT molecular complexity index is 1180. The molecule has 0 saturated carbocycles. The van der Waals surface area contributed by atoms with Gasteiger partial charge in [-0.1, -0.05) is 18.2 Å². The van der Waals surface area contributed by atoms with E-state index in [1.807, 2.05) is 26.0 Å². The number of aromatic nitrogens is 2. The third-order valence-electron chi connectivity index (χ3n) is 6.28. The second-order valence-corrected chi connectivity index (χ2v) is 8.56. The lowest BCUT2D eigenvalue weighted by Crippen LogP contribution is -2.35. The number of benzene rings is 2. The molecule has 0 bridgehead atoms. The van der Waals surface area contributed by atoms with E-state index in [0.717, 1.165) is 37.2 Å². The van der Waals surface area contributed by atoms with Crippen molar-refractivity contribution in [2.45, 2.75) is 33.2 Å². The van der Waals surface area contributed by atoms with Gasteiger partial charge in [-0.25, -0.2) is 0 Å². The fraction of sp³-hybridized carbons (Fsp3) is 0.440. The van der Waals surface area contributed by atoms with Crippen LogP contribution in [-0.2, 0) is 6.54 Å². The average molecular weight is 481 g/mol. The summed E-state index contributed by atoms with van der Waals surface area (Å²) in [4.78, 5) is 22.7. The van der Waals surface area contributed by atoms with Crippen molar-refractivity contribution in [2.75, 3.05) is 48.4 Å². The van der Waals surface area contributed by atoms with Gasteiger partial charge in [0.15, 0.2) is 0 Å². The molecule has 3 N–H and O–H groups in total. The van der Waals surface area contributed by atoms with E-state index >= 15 is 0 Å². The van der Waals surface area contributed by atoms with Crippen molar-refractivity contribution < 1.29 is 14.8 Å². The van der Waals surface area contributed by atoms with Crippen LogP contribution in [0.5, 0.6) is 6.01 Å². The Kier molecular flexibility index (Phi) is 7.81. The van der Waals surface area contributed by atoms with Crippen molar-refractivity contribution in [3.05, 3.63) is 52.1 Å². The lowest BCUT2D eigenvalue weighted by Gasteiger charge is -2.34. The molecule has 10 heteroatoms. The number of ether oxygens (including phenoxy) is 1. The van der Waals surface area contributed by atoms with E-state index in [1.54, 1.807) is 6.07 Å². The number of fused-ring (bicyclic) bond motifs is 1. The van der Waals surface area contributed by atoms with Gasteiger partial charge in [0.25, 0.3) is 5.69 Å². The maximum absolute atomic E-state index is 11.7. The number of nitro groups is 1. The second-order valence-electron chi connectivity index (χ2n) is 8.56. The predicted molar refractivity (Wildman–Crippen MR) is 137 cm³/mol. The first-order valence-corrected chi connectivity index (χ1v) is 12.1. The monoisotopic (exact) mass is 480 g/mol. The van der Waals surface area contributed by atoms with Crippen molar-refractivity contribution in [2.24, 2.45) is 5.92 Å². The number of hydrogen-bond acceptors (Lipinski definition) is 9. The van der Waals surface area contributed by atoms with Crippen LogP contribution in [-0.4, -0.2) is 52.8 Å². The van der Waals surface area contributed by atoms with E-state index in [2.05, 4.69) is 37.6 Å². The molecular weight excluding hydrogens is 448 g/mol. The summed E-state index contributed by atoms with van der Waals surface area (Å²) < 4.78 is 5.58. The highest BCUT2D eigenvalue weighted by Crippen LogP contribution is 2.34. The SMILES string of the molecule is CCNc1cc2nc(OCC)nc(NCc3ccccc3N3CCC(CO)CC3)c2cc1[N+](=O)[O-]. The molecule has 186 valence electrons. The van der Waals surface area contributed by atoms with E-state index in [9.17, 15) is 15.2 Å². The number of hydrogen-bond donors (Lipinski definition) is 3. The molecule has 2 heterocycles. The average Bonchev–Trinajstić information content (AvgIpc) is 2.87. The topological polar surface area (TPSA) is 126 Å². The van der Waals surface area contributed by atoms with Crippen molar-refractivity contribution in [3.8, 4) is 6.01 Å². The Morgan fingerprint density at radius 2 is 1.94 bits per heavy atom. The summed E-state index contributed by atoms with van der Waals surface area (Å²) in [6, 6.07) is 11.6. The van der Waals surface area contributed by atoms with Crippen LogP contribution < -0.4 is 20.3 Å². The third kappa shape index (κ3) is 5.54. The number of rotatable bonds is 10. The van der Waals surface area contributed by atoms with Gasteiger partial charge in [-0.15, -0.1) is 0 Å². The summed E-state index contributed by atoms with van der Waals surface area (Å²) in [6.07, 6.45) is 1.93. The van der Waals surface area contributed by atoms with Crippen molar-refractivity contribution in [1.29, 1.82) is 0 Å². The van der Waals surface area contributed by atoms with Gasteiger partial charge in [0.05, 0.1) is 17.0 Å². The molecule has 0 atom stereocenters. The van der Waals surface area contributed by atoms with Gasteiger partial charge in [0.2, 0.25) is 0 Å². The summed E-state index contributed by atoms with van der Waals surface area (Å²) in [5.74, 6) is 0.849. The minimum Gasteiger partial charge on any atom is -0.464 e. The lowest BCUT2D eigenvalue weighted by molar-refractivity contribution is -0.383. The van der Waals surface area contributed by atoms with Crippen LogP contribution in [0, 0.1) is 16.0 Å². The first-order valence-electron chi connectivity index (χ1n) is 12.1. The molecule has 4 rings (SSSR count). The molecule has 0 aliphatic carbocycles. The van der Waals surface area contributed by atoms with Crippen LogP contribution in [0.15, 0.2) is 36.4 Å². The fourth-order valence-electron chi connectivity index (χ4n) is 4.46. The molecule has 1 aromatic heterocycles. The highest BCUT2D eigenvalue weighted by atomic mass is 16.6. The molecule has 10 nitrogen and oxygen atoms in total. The molecule has 1 aliphatic rings. The maximum atomic E-state index is 11.7. The minimum absolute atomic E-state index is 0.0256. The standard InChI is InChI=1S/C25H32N6O4/c1-3-26-21-14-20-19(13-23(21)31(33)34)24(29-25(28-20)35-4-2)27-15-18-7-5-6-8-22(18)30-11-9-17(16-32)10-12-30/h5-8,13-14,17,26,32H,3-4,9-12,15-16H2,1-2H3,(H,27,28,29). The van der Waals surface area contributed by atoms with Gasteiger partial charge in [0, 0.05) is 49.9 Å². The number of para-hydroxylation sites is 1. The molecule has 1 aliphatic heterocycles. The highest BCUT2D eigenvalue weighted by Gasteiger charge is 2.22. The highest BCUT2D eigenvalue weighted by molar-refractivity contribution is 5.95. The predicted octanol–water partition coefficient (Wildman–Crippen LogP) is 4.19. The number of nitrogens with zero attached hydrogens (tertiary/aromatic N) is 4. The Morgan fingerprint density at radius 3 is 2.63 bits per heavy atom. The quantitative estimate of drug-likeness (QED) is 0.289. The summed E-state index contributed by atoms with van der Waals surface area (Å²) in [5.41, 5.74) is 3.18. The lowest BCUT2D eigenvalue weighted by atomic mass is 9.97. The van der Waals surface area contributed by atoms with E-state index in [0.29, 0.717) is 48.0 Å². The second kappa shape index (κ2) is 11.2. The van der Waals surface area contributed by atoms with Crippen LogP contribution >= 0.6 is 0 Å². The maximum Gasteiger partial charge on any atom is 0.318 e. The van der Waals surface area contributed by atoms with Crippen LogP contribution in [0.25, 0.3) is 10.9 Å². The summed E-state index contributed by atoms with van der Waals surface area (Å²) in [5, 5.41) is 28.2. The number of anilines is 3. The molecule has 35 heavy (non-hydrogen) atoms. The first kappa shape index (κ1) is 24.5. The van der Waals surface area contributed by atoms with Crippen LogP contribution in [0.4, 0.5) is 22.9 Å². The van der Waals surface area contributed by atoms with E-state index < -0.39 is 4.92 Å². The van der Waals surface area contributed by atoms with Gasteiger partial charge < -0.3 is 25.4 Å². The molecule has 1 fully saturated rings. The van der Waals surface area contributed by atoms with E-state index in [-0.39, 0.29) is 18.3 Å². The van der Waals surface area contributed by atoms with Crippen molar-refractivity contribution >= 4 is 33.8 Å². The van der Waals surface area contributed by atoms with Crippen LogP contribution in [0.1, 0.15) is 32.3 Å². The number of aliphatic hydroxyl groups is 1. The number of piperidine rings is 1. The molecule has 3 aromatic rings. The summed E-state index contributed by atoms with van der Waals surface area (Å²) in [7, 11) is 0. The summed E-state index contributed by atoms with van der Waals surface area (Å²) in [6.45, 7) is 7.21. The zero-order valence-electron chi connectivity index (χ0n) is 20.2. The van der Waals surface area contributed by atoms with Gasteiger partial charge in [-0.3, -0.25) is 10.1 Å². The first-order chi connectivity index (χ1) is 17.0. The number of aliphatic hydroxyl groups excluding tert-OH is 1. The molecule has 0 amide bonds. The van der Waals surface area contributed by atoms with Gasteiger partial charge in [-0.05, 0) is 50.3 Å². The van der Waals surface area contributed by atoms with Crippen molar-refractivity contribution in [3.63, 3.8) is 0 Å². The molecule has 2 aromatic carbocycles. The Labute approximate surface area is 204 Å².